The van der Waals surface area contributed by atoms with Crippen molar-refractivity contribution in [3.8, 4) is 11.8 Å². The summed E-state index contributed by atoms with van der Waals surface area (Å²) in [6.07, 6.45) is 15.3. The largest absolute Gasteiger partial charge is 0.468 e. The molecule has 1 saturated carbocycles. The summed E-state index contributed by atoms with van der Waals surface area (Å²) in [5.41, 5.74) is 2.20. The van der Waals surface area contributed by atoms with Gasteiger partial charge in [0, 0.05) is 25.6 Å². The molecule has 0 aromatic heterocycles. The number of rotatable bonds is 14. The molecule has 7 nitrogen and oxygen atoms in total. The standard InChI is InChI=1S/C38H52O7/c1-4-5-13-27(2)34(44-36-16-9-11-20-42-36)19-18-31-32-23-29(22-30(32)24-35(31)45-37-17-10-12-21-43-37)33(38(39)40-3)26-41-25-28-14-7-6-8-15-28/h6-8,14-15,18-19,23,27,30-37H,9-13,16-17,20-22,24-26H2,1-3H3/b19-18+/t27?,30-,31+,32-,33?,34+,35+,36?,37?/m0/s1. The molecule has 1 aromatic rings. The molecule has 45 heavy (non-hydrogen) atoms. The van der Waals surface area contributed by atoms with Gasteiger partial charge in [-0.1, -0.05) is 61.1 Å². The predicted molar refractivity (Wildman–Crippen MR) is 173 cm³/mol. The lowest BCUT2D eigenvalue weighted by Crippen LogP contribution is -2.32. The zero-order chi connectivity index (χ0) is 31.4. The van der Waals surface area contributed by atoms with Gasteiger partial charge < -0.3 is 28.4 Å². The Morgan fingerprint density at radius 2 is 1.82 bits per heavy atom. The van der Waals surface area contributed by atoms with Crippen LogP contribution in [0.15, 0.2) is 54.1 Å². The van der Waals surface area contributed by atoms with Crippen LogP contribution in [0.4, 0.5) is 0 Å². The van der Waals surface area contributed by atoms with E-state index in [1.54, 1.807) is 0 Å². The Morgan fingerprint density at radius 1 is 1.07 bits per heavy atom. The van der Waals surface area contributed by atoms with E-state index in [9.17, 15) is 4.79 Å². The summed E-state index contributed by atoms with van der Waals surface area (Å²) in [6, 6.07) is 10.1. The molecule has 3 fully saturated rings. The van der Waals surface area contributed by atoms with Gasteiger partial charge >= 0.3 is 5.97 Å². The third kappa shape index (κ3) is 9.53. The summed E-state index contributed by atoms with van der Waals surface area (Å²) in [7, 11) is 1.46. The zero-order valence-electron chi connectivity index (χ0n) is 27.4. The van der Waals surface area contributed by atoms with Crippen LogP contribution >= 0.6 is 0 Å². The SMILES string of the molecule is CC#CCC(C)[C@@H](/C=C/[C@@H]1[C@H]2C=C(C(COCc3ccccc3)C(=O)OC)C[C@H]2C[C@H]1OC1CCCCO1)OC1CCCCO1. The summed E-state index contributed by atoms with van der Waals surface area (Å²) in [4.78, 5) is 13.0. The van der Waals surface area contributed by atoms with Crippen molar-refractivity contribution in [1.82, 2.24) is 0 Å². The molecule has 1 aromatic carbocycles. The van der Waals surface area contributed by atoms with Crippen LogP contribution in [0.2, 0.25) is 0 Å². The van der Waals surface area contributed by atoms with Gasteiger partial charge in [-0.25, -0.2) is 0 Å². The van der Waals surface area contributed by atoms with Crippen molar-refractivity contribution in [3.63, 3.8) is 0 Å². The lowest BCUT2D eigenvalue weighted by molar-refractivity contribution is -0.193. The first-order valence-corrected chi connectivity index (χ1v) is 17.1. The molecule has 7 heteroatoms. The molecule has 2 aliphatic heterocycles. The van der Waals surface area contributed by atoms with Crippen LogP contribution in [0.5, 0.6) is 0 Å². The van der Waals surface area contributed by atoms with Crippen LogP contribution in [0.3, 0.4) is 0 Å². The van der Waals surface area contributed by atoms with Crippen molar-refractivity contribution >= 4 is 5.97 Å². The number of ether oxygens (including phenoxy) is 6. The van der Waals surface area contributed by atoms with E-state index in [0.29, 0.717) is 19.1 Å². The highest BCUT2D eigenvalue weighted by Gasteiger charge is 2.47. The third-order valence-electron chi connectivity index (χ3n) is 9.78. The minimum atomic E-state index is -0.415. The first kappa shape index (κ1) is 33.9. The highest BCUT2D eigenvalue weighted by Crippen LogP contribution is 2.50. The summed E-state index contributed by atoms with van der Waals surface area (Å²) < 4.78 is 36.5. The minimum Gasteiger partial charge on any atom is -0.468 e. The fourth-order valence-electron chi connectivity index (χ4n) is 7.25. The van der Waals surface area contributed by atoms with Gasteiger partial charge in [0.25, 0.3) is 0 Å². The highest BCUT2D eigenvalue weighted by molar-refractivity contribution is 5.76. The molecule has 9 atom stereocenters. The molecule has 0 bridgehead atoms. The van der Waals surface area contributed by atoms with Gasteiger partial charge in [0.05, 0.1) is 32.5 Å². The van der Waals surface area contributed by atoms with Crippen LogP contribution in [0.1, 0.15) is 77.2 Å². The third-order valence-corrected chi connectivity index (χ3v) is 9.78. The van der Waals surface area contributed by atoms with Gasteiger partial charge in [-0.3, -0.25) is 4.79 Å². The summed E-state index contributed by atoms with van der Waals surface area (Å²) in [6.45, 7) is 6.35. The summed E-state index contributed by atoms with van der Waals surface area (Å²) >= 11 is 0. The van der Waals surface area contributed by atoms with Crippen LogP contribution in [-0.4, -0.2) is 57.7 Å². The second kappa shape index (κ2) is 17.4. The molecule has 0 amide bonds. The Labute approximate surface area is 270 Å². The van der Waals surface area contributed by atoms with E-state index in [4.69, 9.17) is 28.4 Å². The minimum absolute atomic E-state index is 0.0420. The quantitative estimate of drug-likeness (QED) is 0.126. The van der Waals surface area contributed by atoms with Crippen molar-refractivity contribution in [2.75, 3.05) is 26.9 Å². The van der Waals surface area contributed by atoms with Gasteiger partial charge in [0.1, 0.15) is 5.92 Å². The number of esters is 1. The van der Waals surface area contributed by atoms with Crippen molar-refractivity contribution in [3.05, 3.63) is 59.7 Å². The number of hydrogen-bond acceptors (Lipinski definition) is 7. The fourth-order valence-corrected chi connectivity index (χ4v) is 7.25. The van der Waals surface area contributed by atoms with Gasteiger partial charge in [0.2, 0.25) is 0 Å². The molecular weight excluding hydrogens is 568 g/mol. The predicted octanol–water partition coefficient (Wildman–Crippen LogP) is 7.00. The second-order valence-electron chi connectivity index (χ2n) is 13.0. The normalized spacial score (nSPS) is 30.2. The summed E-state index contributed by atoms with van der Waals surface area (Å²) in [5, 5.41) is 0. The molecule has 2 aliphatic carbocycles. The number of allylic oxidation sites excluding steroid dienone is 1. The average molecular weight is 621 g/mol. The van der Waals surface area contributed by atoms with Crippen molar-refractivity contribution < 1.29 is 33.2 Å². The molecule has 2 saturated heterocycles. The second-order valence-corrected chi connectivity index (χ2v) is 13.0. The Morgan fingerprint density at radius 3 is 2.51 bits per heavy atom. The Bertz CT molecular complexity index is 1170. The fraction of sp³-hybridized carbons (Fsp3) is 0.658. The Balaban J connectivity index is 1.34. The smallest absolute Gasteiger partial charge is 0.315 e. The molecule has 246 valence electrons. The van der Waals surface area contributed by atoms with Crippen LogP contribution in [-0.2, 0) is 39.8 Å². The van der Waals surface area contributed by atoms with Crippen LogP contribution in [0, 0.1) is 41.4 Å². The maximum atomic E-state index is 13.0. The number of benzene rings is 1. The van der Waals surface area contributed by atoms with Crippen molar-refractivity contribution in [2.45, 2.75) is 103 Å². The van der Waals surface area contributed by atoms with E-state index in [0.717, 1.165) is 82.1 Å². The van der Waals surface area contributed by atoms with E-state index >= 15 is 0 Å². The average Bonchev–Trinajstić information content (AvgIpc) is 3.62. The van der Waals surface area contributed by atoms with Gasteiger partial charge in [0.15, 0.2) is 12.6 Å². The molecule has 0 N–H and O–H groups in total. The number of fused-ring (bicyclic) bond motifs is 1. The number of hydrogen-bond donors (Lipinski definition) is 0. The van der Waals surface area contributed by atoms with E-state index in [-0.39, 0.29) is 48.5 Å². The van der Waals surface area contributed by atoms with E-state index < -0.39 is 5.92 Å². The van der Waals surface area contributed by atoms with E-state index in [2.05, 4.69) is 37.0 Å². The highest BCUT2D eigenvalue weighted by atomic mass is 16.7. The van der Waals surface area contributed by atoms with Gasteiger partial charge in [-0.15, -0.1) is 11.8 Å². The molecule has 2 heterocycles. The Hall–Kier alpha value is -2.47. The van der Waals surface area contributed by atoms with E-state index in [1.165, 1.54) is 7.11 Å². The van der Waals surface area contributed by atoms with Crippen LogP contribution in [0.25, 0.3) is 0 Å². The topological polar surface area (TPSA) is 72.5 Å². The maximum absolute atomic E-state index is 13.0. The molecule has 0 spiro atoms. The summed E-state index contributed by atoms with van der Waals surface area (Å²) in [5.74, 6) is 6.63. The molecule has 5 rings (SSSR count). The van der Waals surface area contributed by atoms with Crippen molar-refractivity contribution in [2.24, 2.45) is 29.6 Å². The molecule has 0 radical (unpaired) electrons. The van der Waals surface area contributed by atoms with Gasteiger partial charge in [-0.05, 0) is 81.6 Å². The molecule has 4 aliphatic rings. The first-order valence-electron chi connectivity index (χ1n) is 17.1. The molecular formula is C38H52O7. The molecule has 4 unspecified atom stereocenters. The monoisotopic (exact) mass is 620 g/mol. The Kier molecular flexibility index (Phi) is 13.1. The number of methoxy groups -OCH3 is 1. The lowest BCUT2D eigenvalue weighted by Gasteiger charge is -2.31. The number of carbonyl (C=O) groups is 1. The maximum Gasteiger partial charge on any atom is 0.315 e. The van der Waals surface area contributed by atoms with E-state index in [1.807, 2.05) is 37.3 Å². The number of carbonyl (C=O) groups excluding carboxylic acids is 1. The zero-order valence-corrected chi connectivity index (χ0v) is 27.4. The van der Waals surface area contributed by atoms with Crippen LogP contribution < -0.4 is 0 Å². The lowest BCUT2D eigenvalue weighted by atomic mass is 9.90. The van der Waals surface area contributed by atoms with Gasteiger partial charge in [-0.2, -0.15) is 0 Å². The van der Waals surface area contributed by atoms with Crippen molar-refractivity contribution in [1.29, 1.82) is 0 Å². The first-order chi connectivity index (χ1) is 22.1.